The smallest absolute Gasteiger partial charge is 0.331 e. The van der Waals surface area contributed by atoms with Crippen LogP contribution in [-0.4, -0.2) is 35.1 Å². The Bertz CT molecular complexity index is 1470. The molecule has 34 heavy (non-hydrogen) atoms. The Labute approximate surface area is 194 Å². The summed E-state index contributed by atoms with van der Waals surface area (Å²) in [5.74, 6) is 0.690. The first-order valence-corrected chi connectivity index (χ1v) is 10.6. The van der Waals surface area contributed by atoms with E-state index in [1.54, 1.807) is 19.2 Å². The highest BCUT2D eigenvalue weighted by molar-refractivity contribution is 5.94. The molecule has 0 aliphatic heterocycles. The van der Waals surface area contributed by atoms with E-state index in [2.05, 4.69) is 15.5 Å². The summed E-state index contributed by atoms with van der Waals surface area (Å²) in [4.78, 5) is 26.9. The zero-order chi connectivity index (χ0) is 24.1. The fourth-order valence-electron chi connectivity index (χ4n) is 3.67. The zero-order valence-corrected chi connectivity index (χ0v) is 18.7. The van der Waals surface area contributed by atoms with Gasteiger partial charge in [0.1, 0.15) is 5.56 Å². The molecule has 0 atom stereocenters. The van der Waals surface area contributed by atoms with E-state index in [1.165, 1.54) is 13.3 Å². The second kappa shape index (κ2) is 9.95. The quantitative estimate of drug-likeness (QED) is 0.275. The number of hydrogen-bond acceptors (Lipinski definition) is 7. The third-order valence-corrected chi connectivity index (χ3v) is 5.45. The molecule has 0 unspecified atom stereocenters. The number of benzene rings is 3. The average Bonchev–Trinajstić information content (AvgIpc) is 2.85. The van der Waals surface area contributed by atoms with Crippen molar-refractivity contribution in [1.82, 2.24) is 9.55 Å². The van der Waals surface area contributed by atoms with E-state index in [-0.39, 0.29) is 12.1 Å². The third-order valence-electron chi connectivity index (χ3n) is 5.45. The van der Waals surface area contributed by atoms with Crippen molar-refractivity contribution in [3.05, 3.63) is 92.6 Å². The SMILES string of the molecule is COc1ccc(CCn2c(O)c(C=NNc3cccc4ccccc34)c(=O)[nH]c2=O)cc1OC. The van der Waals surface area contributed by atoms with Gasteiger partial charge in [0.2, 0.25) is 5.88 Å². The van der Waals surface area contributed by atoms with Crippen molar-refractivity contribution in [2.24, 2.45) is 5.10 Å². The number of aromatic nitrogens is 2. The first kappa shape index (κ1) is 22.7. The molecule has 4 aromatic rings. The van der Waals surface area contributed by atoms with Crippen LogP contribution in [-0.2, 0) is 13.0 Å². The second-order valence-electron chi connectivity index (χ2n) is 7.48. The molecule has 0 spiro atoms. The summed E-state index contributed by atoms with van der Waals surface area (Å²) in [7, 11) is 3.09. The Morgan fingerprint density at radius 3 is 2.59 bits per heavy atom. The van der Waals surface area contributed by atoms with Crippen molar-refractivity contribution >= 4 is 22.7 Å². The summed E-state index contributed by atoms with van der Waals surface area (Å²) in [6, 6.07) is 18.9. The van der Waals surface area contributed by atoms with Crippen LogP contribution in [0.1, 0.15) is 11.1 Å². The van der Waals surface area contributed by atoms with Gasteiger partial charge in [0.25, 0.3) is 5.56 Å². The number of anilines is 1. The maximum absolute atomic E-state index is 12.3. The van der Waals surface area contributed by atoms with Gasteiger partial charge in [0.15, 0.2) is 11.5 Å². The lowest BCUT2D eigenvalue weighted by atomic mass is 10.1. The lowest BCUT2D eigenvalue weighted by molar-refractivity contribution is 0.354. The van der Waals surface area contributed by atoms with Gasteiger partial charge in [-0.25, -0.2) is 4.79 Å². The number of nitrogens with one attached hydrogen (secondary N) is 2. The minimum atomic E-state index is -0.728. The van der Waals surface area contributed by atoms with Gasteiger partial charge < -0.3 is 14.6 Å². The Morgan fingerprint density at radius 1 is 1.03 bits per heavy atom. The second-order valence-corrected chi connectivity index (χ2v) is 7.48. The Hall–Kier alpha value is -4.53. The van der Waals surface area contributed by atoms with Crippen molar-refractivity contribution < 1.29 is 14.6 Å². The molecular weight excluding hydrogens is 436 g/mol. The number of aryl methyl sites for hydroxylation is 1. The highest BCUT2D eigenvalue weighted by Gasteiger charge is 2.13. The molecule has 1 heterocycles. The van der Waals surface area contributed by atoms with E-state index < -0.39 is 17.1 Å². The highest BCUT2D eigenvalue weighted by atomic mass is 16.5. The van der Waals surface area contributed by atoms with Crippen LogP contribution in [0.25, 0.3) is 10.8 Å². The van der Waals surface area contributed by atoms with E-state index in [0.717, 1.165) is 26.6 Å². The van der Waals surface area contributed by atoms with Crippen LogP contribution in [0, 0.1) is 0 Å². The van der Waals surface area contributed by atoms with Gasteiger partial charge in [-0.05, 0) is 35.6 Å². The molecule has 3 aromatic carbocycles. The molecule has 3 N–H and O–H groups in total. The first-order chi connectivity index (χ1) is 16.5. The molecule has 0 aliphatic carbocycles. The van der Waals surface area contributed by atoms with Crippen molar-refractivity contribution in [2.45, 2.75) is 13.0 Å². The van der Waals surface area contributed by atoms with Crippen molar-refractivity contribution in [2.75, 3.05) is 19.6 Å². The normalized spacial score (nSPS) is 11.1. The lowest BCUT2D eigenvalue weighted by Crippen LogP contribution is -2.32. The van der Waals surface area contributed by atoms with Gasteiger partial charge in [-0.15, -0.1) is 0 Å². The van der Waals surface area contributed by atoms with Gasteiger partial charge in [-0.2, -0.15) is 5.10 Å². The molecule has 0 amide bonds. The third kappa shape index (κ3) is 4.63. The standard InChI is InChI=1S/C25H24N4O5/c1-33-21-11-10-16(14-22(21)34-2)12-13-29-24(31)19(23(30)27-25(29)32)15-26-28-20-9-5-7-17-6-3-4-8-18(17)20/h3-11,14-15,28,31H,12-13H2,1-2H3,(H,27,30,32). The van der Waals surface area contributed by atoms with E-state index in [9.17, 15) is 14.7 Å². The molecule has 9 heteroatoms. The molecule has 0 bridgehead atoms. The topological polar surface area (TPSA) is 118 Å². The van der Waals surface area contributed by atoms with Crippen LogP contribution < -0.4 is 26.1 Å². The number of hydrazone groups is 1. The lowest BCUT2D eigenvalue weighted by Gasteiger charge is -2.12. The number of hydrogen-bond donors (Lipinski definition) is 3. The van der Waals surface area contributed by atoms with Gasteiger partial charge in [0, 0.05) is 11.9 Å². The molecular formula is C25H24N4O5. The number of H-pyrrole nitrogens is 1. The highest BCUT2D eigenvalue weighted by Crippen LogP contribution is 2.28. The van der Waals surface area contributed by atoms with Gasteiger partial charge >= 0.3 is 5.69 Å². The Kier molecular flexibility index (Phi) is 6.63. The average molecular weight is 460 g/mol. The number of methoxy groups -OCH3 is 2. The largest absolute Gasteiger partial charge is 0.494 e. The van der Waals surface area contributed by atoms with E-state index in [0.29, 0.717) is 17.9 Å². The predicted octanol–water partition coefficient (Wildman–Crippen LogP) is 3.10. The monoisotopic (exact) mass is 460 g/mol. The number of rotatable bonds is 8. The summed E-state index contributed by atoms with van der Waals surface area (Å²) < 4.78 is 11.6. The van der Waals surface area contributed by atoms with Crippen LogP contribution in [0.2, 0.25) is 0 Å². The van der Waals surface area contributed by atoms with Crippen LogP contribution >= 0.6 is 0 Å². The molecule has 0 radical (unpaired) electrons. The molecule has 1 aromatic heterocycles. The summed E-state index contributed by atoms with van der Waals surface area (Å²) in [6.07, 6.45) is 1.60. The fraction of sp³-hybridized carbons (Fsp3) is 0.160. The Morgan fingerprint density at radius 2 is 1.79 bits per heavy atom. The molecule has 4 rings (SSSR count). The number of ether oxygens (including phenoxy) is 2. The van der Waals surface area contributed by atoms with Crippen molar-refractivity contribution in [1.29, 1.82) is 0 Å². The molecule has 0 aliphatic rings. The minimum absolute atomic E-state index is 0.125. The zero-order valence-electron chi connectivity index (χ0n) is 18.7. The summed E-state index contributed by atoms with van der Waals surface area (Å²) in [5.41, 5.74) is 2.94. The van der Waals surface area contributed by atoms with E-state index >= 15 is 0 Å². The number of aromatic amines is 1. The molecule has 174 valence electrons. The van der Waals surface area contributed by atoms with Gasteiger partial charge in [-0.3, -0.25) is 19.8 Å². The first-order valence-electron chi connectivity index (χ1n) is 10.6. The summed E-state index contributed by atoms with van der Waals surface area (Å²) >= 11 is 0. The summed E-state index contributed by atoms with van der Waals surface area (Å²) in [5, 5.41) is 16.8. The maximum Gasteiger partial charge on any atom is 0.331 e. The van der Waals surface area contributed by atoms with Crippen LogP contribution in [0.3, 0.4) is 0 Å². The number of fused-ring (bicyclic) bond motifs is 1. The van der Waals surface area contributed by atoms with Crippen LogP contribution in [0.5, 0.6) is 17.4 Å². The predicted molar refractivity (Wildman–Crippen MR) is 131 cm³/mol. The number of aromatic hydroxyl groups is 1. The fourth-order valence-corrected chi connectivity index (χ4v) is 3.67. The van der Waals surface area contributed by atoms with Crippen LogP contribution in [0.4, 0.5) is 5.69 Å². The van der Waals surface area contributed by atoms with Gasteiger partial charge in [0.05, 0.1) is 26.1 Å². The van der Waals surface area contributed by atoms with E-state index in [4.69, 9.17) is 9.47 Å². The summed E-state index contributed by atoms with van der Waals surface area (Å²) in [6.45, 7) is 0.133. The molecule has 0 saturated carbocycles. The maximum atomic E-state index is 12.3. The van der Waals surface area contributed by atoms with Crippen molar-refractivity contribution in [3.8, 4) is 17.4 Å². The van der Waals surface area contributed by atoms with Gasteiger partial charge in [-0.1, -0.05) is 42.5 Å². The Balaban J connectivity index is 1.56. The number of nitrogens with zero attached hydrogens (tertiary/aromatic N) is 2. The minimum Gasteiger partial charge on any atom is -0.494 e. The van der Waals surface area contributed by atoms with Crippen molar-refractivity contribution in [3.63, 3.8) is 0 Å². The van der Waals surface area contributed by atoms with E-state index in [1.807, 2.05) is 48.5 Å². The molecule has 0 saturated heterocycles. The molecule has 0 fully saturated rings. The molecule has 9 nitrogen and oxygen atoms in total. The van der Waals surface area contributed by atoms with Crippen LogP contribution in [0.15, 0.2) is 75.4 Å².